The van der Waals surface area contributed by atoms with Crippen molar-refractivity contribution in [2.45, 2.75) is 47.1 Å². The molecule has 1 heterocycles. The van der Waals surface area contributed by atoms with Gasteiger partial charge < -0.3 is 4.90 Å². The monoisotopic (exact) mass is 183 g/mol. The number of likely N-dealkylation sites (tertiary alicyclic amines) is 1. The molecule has 0 bridgehead atoms. The summed E-state index contributed by atoms with van der Waals surface area (Å²) in [5.41, 5.74) is 0. The third-order valence-electron chi connectivity index (χ3n) is 3.39. The lowest BCUT2D eigenvalue weighted by atomic mass is 9.83. The minimum absolute atomic E-state index is 0.726. The van der Waals surface area contributed by atoms with Crippen molar-refractivity contribution in [2.75, 3.05) is 13.1 Å². The Morgan fingerprint density at radius 2 is 1.69 bits per heavy atom. The summed E-state index contributed by atoms with van der Waals surface area (Å²) in [5, 5.41) is 0. The van der Waals surface area contributed by atoms with Crippen molar-refractivity contribution in [3.63, 3.8) is 0 Å². The van der Waals surface area contributed by atoms with Crippen molar-refractivity contribution >= 4 is 0 Å². The van der Waals surface area contributed by atoms with Gasteiger partial charge in [-0.2, -0.15) is 0 Å². The Morgan fingerprint density at radius 3 is 2.15 bits per heavy atom. The maximum absolute atomic E-state index is 2.64. The van der Waals surface area contributed by atoms with E-state index in [0.29, 0.717) is 0 Å². The standard InChI is InChI=1S/C12H25N/c1-9(2)12-6-11(5)7-13(8-12)10(3)4/h9-12H,6-8H2,1-5H3/t11?,12-/m1/s1. The minimum atomic E-state index is 0.726. The van der Waals surface area contributed by atoms with Crippen LogP contribution in [0.15, 0.2) is 0 Å². The van der Waals surface area contributed by atoms with Gasteiger partial charge in [-0.15, -0.1) is 0 Å². The zero-order chi connectivity index (χ0) is 10.0. The third kappa shape index (κ3) is 2.98. The molecule has 1 nitrogen and oxygen atoms in total. The molecule has 1 rings (SSSR count). The van der Waals surface area contributed by atoms with Gasteiger partial charge in [-0.05, 0) is 38.0 Å². The fraction of sp³-hybridized carbons (Fsp3) is 1.00. The quantitative estimate of drug-likeness (QED) is 0.636. The maximum Gasteiger partial charge on any atom is 0.00388 e. The fourth-order valence-corrected chi connectivity index (χ4v) is 2.35. The van der Waals surface area contributed by atoms with E-state index in [-0.39, 0.29) is 0 Å². The van der Waals surface area contributed by atoms with Crippen LogP contribution in [0.1, 0.15) is 41.0 Å². The zero-order valence-electron chi connectivity index (χ0n) is 9.88. The lowest BCUT2D eigenvalue weighted by Crippen LogP contribution is -2.44. The molecule has 0 radical (unpaired) electrons. The summed E-state index contributed by atoms with van der Waals surface area (Å²) >= 11 is 0. The van der Waals surface area contributed by atoms with Gasteiger partial charge >= 0.3 is 0 Å². The molecular weight excluding hydrogens is 158 g/mol. The summed E-state index contributed by atoms with van der Waals surface area (Å²) < 4.78 is 0. The molecule has 1 aliphatic heterocycles. The Balaban J connectivity index is 2.52. The molecule has 1 unspecified atom stereocenters. The molecule has 1 fully saturated rings. The highest BCUT2D eigenvalue weighted by Gasteiger charge is 2.27. The van der Waals surface area contributed by atoms with E-state index in [1.807, 2.05) is 0 Å². The second-order valence-corrected chi connectivity index (χ2v) is 5.39. The van der Waals surface area contributed by atoms with Crippen LogP contribution in [0.25, 0.3) is 0 Å². The Labute approximate surface area is 83.5 Å². The molecule has 0 spiro atoms. The average Bonchev–Trinajstić information content (AvgIpc) is 2.03. The van der Waals surface area contributed by atoms with Gasteiger partial charge in [0.1, 0.15) is 0 Å². The summed E-state index contributed by atoms with van der Waals surface area (Å²) in [7, 11) is 0. The number of nitrogens with zero attached hydrogens (tertiary/aromatic N) is 1. The summed E-state index contributed by atoms with van der Waals surface area (Å²) in [6, 6.07) is 0.726. The highest BCUT2D eigenvalue weighted by molar-refractivity contribution is 4.80. The minimum Gasteiger partial charge on any atom is -0.300 e. The zero-order valence-corrected chi connectivity index (χ0v) is 9.88. The van der Waals surface area contributed by atoms with E-state index in [2.05, 4.69) is 39.5 Å². The number of hydrogen-bond acceptors (Lipinski definition) is 1. The van der Waals surface area contributed by atoms with E-state index in [1.165, 1.54) is 19.5 Å². The molecule has 13 heavy (non-hydrogen) atoms. The molecule has 0 aromatic heterocycles. The van der Waals surface area contributed by atoms with Crippen molar-refractivity contribution in [3.05, 3.63) is 0 Å². The largest absolute Gasteiger partial charge is 0.300 e. The number of piperidine rings is 1. The van der Waals surface area contributed by atoms with E-state index >= 15 is 0 Å². The Hall–Kier alpha value is -0.0400. The van der Waals surface area contributed by atoms with Crippen LogP contribution >= 0.6 is 0 Å². The molecule has 2 atom stereocenters. The molecule has 0 saturated carbocycles. The molecule has 78 valence electrons. The van der Waals surface area contributed by atoms with Crippen LogP contribution in [-0.2, 0) is 0 Å². The van der Waals surface area contributed by atoms with Gasteiger partial charge in [0, 0.05) is 19.1 Å². The van der Waals surface area contributed by atoms with Crippen molar-refractivity contribution < 1.29 is 0 Å². The topological polar surface area (TPSA) is 3.24 Å². The molecule has 1 saturated heterocycles. The second kappa shape index (κ2) is 4.45. The maximum atomic E-state index is 2.64. The van der Waals surface area contributed by atoms with Gasteiger partial charge in [0.15, 0.2) is 0 Å². The Kier molecular flexibility index (Phi) is 3.78. The Bertz CT molecular complexity index is 135. The van der Waals surface area contributed by atoms with Gasteiger partial charge in [0.05, 0.1) is 0 Å². The van der Waals surface area contributed by atoms with E-state index < -0.39 is 0 Å². The van der Waals surface area contributed by atoms with Crippen molar-refractivity contribution in [3.8, 4) is 0 Å². The van der Waals surface area contributed by atoms with E-state index in [9.17, 15) is 0 Å². The predicted molar refractivity (Wildman–Crippen MR) is 58.8 cm³/mol. The van der Waals surface area contributed by atoms with E-state index in [1.54, 1.807) is 0 Å². The molecule has 0 amide bonds. The lowest BCUT2D eigenvalue weighted by Gasteiger charge is -2.40. The van der Waals surface area contributed by atoms with Gasteiger partial charge in [-0.1, -0.05) is 20.8 Å². The molecule has 0 aromatic carbocycles. The smallest absolute Gasteiger partial charge is 0.00388 e. The van der Waals surface area contributed by atoms with Crippen LogP contribution in [0.4, 0.5) is 0 Å². The number of rotatable bonds is 2. The SMILES string of the molecule is CC1C[C@@H](C(C)C)CN(C(C)C)C1. The molecular formula is C12H25N. The molecule has 0 aliphatic carbocycles. The molecule has 0 aromatic rings. The van der Waals surface area contributed by atoms with Crippen LogP contribution in [0, 0.1) is 17.8 Å². The lowest BCUT2D eigenvalue weighted by molar-refractivity contribution is 0.0824. The van der Waals surface area contributed by atoms with Gasteiger partial charge in [0.2, 0.25) is 0 Å². The highest BCUT2D eigenvalue weighted by atomic mass is 15.2. The first-order valence-electron chi connectivity index (χ1n) is 5.74. The third-order valence-corrected chi connectivity index (χ3v) is 3.39. The van der Waals surface area contributed by atoms with Gasteiger partial charge in [0.25, 0.3) is 0 Å². The number of hydrogen-bond donors (Lipinski definition) is 0. The van der Waals surface area contributed by atoms with Crippen LogP contribution < -0.4 is 0 Å². The first-order chi connectivity index (χ1) is 6.00. The normalized spacial score (nSPS) is 31.6. The summed E-state index contributed by atoms with van der Waals surface area (Å²) in [4.78, 5) is 2.64. The summed E-state index contributed by atoms with van der Waals surface area (Å²) in [6.45, 7) is 14.4. The van der Waals surface area contributed by atoms with Gasteiger partial charge in [-0.3, -0.25) is 0 Å². The van der Waals surface area contributed by atoms with Crippen LogP contribution in [0.3, 0.4) is 0 Å². The molecule has 1 aliphatic rings. The first-order valence-corrected chi connectivity index (χ1v) is 5.74. The average molecular weight is 183 g/mol. The van der Waals surface area contributed by atoms with Crippen molar-refractivity contribution in [1.82, 2.24) is 4.90 Å². The van der Waals surface area contributed by atoms with Crippen molar-refractivity contribution in [1.29, 1.82) is 0 Å². The predicted octanol–water partition coefficient (Wildman–Crippen LogP) is 3.01. The van der Waals surface area contributed by atoms with Crippen LogP contribution in [0.5, 0.6) is 0 Å². The Morgan fingerprint density at radius 1 is 1.08 bits per heavy atom. The van der Waals surface area contributed by atoms with E-state index in [4.69, 9.17) is 0 Å². The molecule has 1 heteroatoms. The molecule has 0 N–H and O–H groups in total. The highest BCUT2D eigenvalue weighted by Crippen LogP contribution is 2.27. The van der Waals surface area contributed by atoms with E-state index in [0.717, 1.165) is 23.8 Å². The fourth-order valence-electron chi connectivity index (χ4n) is 2.35. The summed E-state index contributed by atoms with van der Waals surface area (Å²) in [5.74, 6) is 2.67. The van der Waals surface area contributed by atoms with Crippen LogP contribution in [0.2, 0.25) is 0 Å². The first kappa shape index (κ1) is 11.0. The summed E-state index contributed by atoms with van der Waals surface area (Å²) in [6.07, 6.45) is 1.43. The second-order valence-electron chi connectivity index (χ2n) is 5.39. The van der Waals surface area contributed by atoms with Crippen molar-refractivity contribution in [2.24, 2.45) is 17.8 Å². The van der Waals surface area contributed by atoms with Crippen LogP contribution in [-0.4, -0.2) is 24.0 Å². The van der Waals surface area contributed by atoms with Gasteiger partial charge in [-0.25, -0.2) is 0 Å².